The van der Waals surface area contributed by atoms with E-state index in [0.29, 0.717) is 5.56 Å². The fourth-order valence-electron chi connectivity index (χ4n) is 2.16. The normalized spacial score (nSPS) is 12.9. The summed E-state index contributed by atoms with van der Waals surface area (Å²) in [6, 6.07) is 5.92. The summed E-state index contributed by atoms with van der Waals surface area (Å²) in [5.41, 5.74) is 4.58. The van der Waals surface area contributed by atoms with Crippen LogP contribution < -0.4 is 10.6 Å². The molecule has 2 heterocycles. The van der Waals surface area contributed by atoms with Gasteiger partial charge in [-0.25, -0.2) is 0 Å². The van der Waals surface area contributed by atoms with Crippen LogP contribution in [0, 0.1) is 6.92 Å². The fourth-order valence-corrected chi connectivity index (χ4v) is 2.16. The zero-order valence-corrected chi connectivity index (χ0v) is 10.1. The Morgan fingerprint density at radius 1 is 1.44 bits per heavy atom. The molecule has 5 heteroatoms. The molecule has 0 saturated carbocycles. The molecule has 2 aromatic rings. The number of rotatable bonds is 2. The number of amides is 1. The van der Waals surface area contributed by atoms with Crippen molar-refractivity contribution in [2.24, 2.45) is 0 Å². The maximum Gasteiger partial charge on any atom is 0.259 e. The number of H-pyrrole nitrogens is 1. The minimum Gasteiger partial charge on any atom is -0.384 e. The monoisotopic (exact) mass is 242 g/mol. The topological polar surface area (TPSA) is 69.8 Å². The summed E-state index contributed by atoms with van der Waals surface area (Å²) in [4.78, 5) is 12.0. The lowest BCUT2D eigenvalue weighted by Gasteiger charge is -2.06. The van der Waals surface area contributed by atoms with Gasteiger partial charge in [0.1, 0.15) is 0 Å². The zero-order chi connectivity index (χ0) is 12.5. The third-order valence-electron chi connectivity index (χ3n) is 3.15. The average molecular weight is 242 g/mol. The Hall–Kier alpha value is -2.30. The summed E-state index contributed by atoms with van der Waals surface area (Å²) < 4.78 is 0. The Morgan fingerprint density at radius 3 is 3.11 bits per heavy atom. The maximum atomic E-state index is 12.0. The smallest absolute Gasteiger partial charge is 0.259 e. The van der Waals surface area contributed by atoms with Crippen LogP contribution in [0.4, 0.5) is 11.4 Å². The molecule has 92 valence electrons. The number of carbonyl (C=O) groups is 1. The third kappa shape index (κ3) is 1.84. The molecule has 0 aliphatic carbocycles. The molecule has 1 aliphatic heterocycles. The van der Waals surface area contributed by atoms with Gasteiger partial charge in [0.2, 0.25) is 0 Å². The molecule has 1 aromatic carbocycles. The average Bonchev–Trinajstić information content (AvgIpc) is 2.96. The molecule has 5 nitrogen and oxygen atoms in total. The van der Waals surface area contributed by atoms with Gasteiger partial charge in [0.25, 0.3) is 5.91 Å². The third-order valence-corrected chi connectivity index (χ3v) is 3.15. The molecule has 0 bridgehead atoms. The molecule has 1 aromatic heterocycles. The first-order valence-corrected chi connectivity index (χ1v) is 5.92. The Balaban J connectivity index is 1.81. The Bertz CT molecular complexity index is 603. The van der Waals surface area contributed by atoms with Gasteiger partial charge in [-0.15, -0.1) is 0 Å². The van der Waals surface area contributed by atoms with Crippen molar-refractivity contribution in [1.82, 2.24) is 10.2 Å². The number of aromatic amines is 1. The molecule has 0 spiro atoms. The van der Waals surface area contributed by atoms with Crippen molar-refractivity contribution >= 4 is 17.3 Å². The van der Waals surface area contributed by atoms with E-state index in [0.717, 1.165) is 30.0 Å². The number of nitrogens with one attached hydrogen (secondary N) is 3. The minimum absolute atomic E-state index is 0.132. The molecular formula is C13H14N4O. The van der Waals surface area contributed by atoms with E-state index in [1.807, 2.05) is 25.1 Å². The van der Waals surface area contributed by atoms with Crippen LogP contribution in [0.5, 0.6) is 0 Å². The van der Waals surface area contributed by atoms with Gasteiger partial charge in [0.05, 0.1) is 11.8 Å². The number of hydrogen-bond acceptors (Lipinski definition) is 3. The second-order valence-electron chi connectivity index (χ2n) is 4.41. The number of nitrogens with zero attached hydrogens (tertiary/aromatic N) is 1. The van der Waals surface area contributed by atoms with Crippen molar-refractivity contribution < 1.29 is 4.79 Å². The largest absolute Gasteiger partial charge is 0.384 e. The number of carbonyl (C=O) groups excluding carboxylic acids is 1. The first-order valence-electron chi connectivity index (χ1n) is 5.92. The SMILES string of the molecule is Cc1[nH]ncc1C(=O)Nc1ccc2c(c1)CCN2. The molecule has 0 unspecified atom stereocenters. The van der Waals surface area contributed by atoms with E-state index in [1.54, 1.807) is 6.20 Å². The van der Waals surface area contributed by atoms with Gasteiger partial charge in [-0.05, 0) is 37.1 Å². The second-order valence-corrected chi connectivity index (χ2v) is 4.41. The van der Waals surface area contributed by atoms with E-state index in [1.165, 1.54) is 5.56 Å². The number of anilines is 2. The molecule has 0 atom stereocenters. The zero-order valence-electron chi connectivity index (χ0n) is 10.1. The molecule has 1 amide bonds. The fraction of sp³-hybridized carbons (Fsp3) is 0.231. The van der Waals surface area contributed by atoms with Crippen LogP contribution in [-0.2, 0) is 6.42 Å². The molecule has 18 heavy (non-hydrogen) atoms. The molecule has 0 fully saturated rings. The summed E-state index contributed by atoms with van der Waals surface area (Å²) in [5, 5.41) is 12.8. The Labute approximate surface area is 105 Å². The minimum atomic E-state index is -0.132. The van der Waals surface area contributed by atoms with E-state index in [2.05, 4.69) is 20.8 Å². The maximum absolute atomic E-state index is 12.0. The molecule has 0 radical (unpaired) electrons. The van der Waals surface area contributed by atoms with Gasteiger partial charge in [0.15, 0.2) is 0 Å². The molecule has 0 saturated heterocycles. The number of fused-ring (bicyclic) bond motifs is 1. The van der Waals surface area contributed by atoms with Gasteiger partial charge in [-0.1, -0.05) is 0 Å². The van der Waals surface area contributed by atoms with E-state index in [4.69, 9.17) is 0 Å². The first-order chi connectivity index (χ1) is 8.74. The molecule has 1 aliphatic rings. The predicted octanol–water partition coefficient (Wildman–Crippen LogP) is 1.94. The highest BCUT2D eigenvalue weighted by molar-refractivity contribution is 6.05. The van der Waals surface area contributed by atoms with Crippen molar-refractivity contribution in [1.29, 1.82) is 0 Å². The number of hydrogen-bond donors (Lipinski definition) is 3. The quantitative estimate of drug-likeness (QED) is 0.753. The highest BCUT2D eigenvalue weighted by Gasteiger charge is 2.13. The van der Waals surface area contributed by atoms with E-state index in [-0.39, 0.29) is 5.91 Å². The highest BCUT2D eigenvalue weighted by Crippen LogP contribution is 2.25. The number of benzene rings is 1. The van der Waals surface area contributed by atoms with Crippen molar-refractivity contribution in [3.8, 4) is 0 Å². The molecular weight excluding hydrogens is 228 g/mol. The molecule has 3 rings (SSSR count). The van der Waals surface area contributed by atoms with Crippen LogP contribution in [0.1, 0.15) is 21.6 Å². The van der Waals surface area contributed by atoms with Crippen LogP contribution in [0.25, 0.3) is 0 Å². The van der Waals surface area contributed by atoms with Crippen molar-refractivity contribution in [2.45, 2.75) is 13.3 Å². The van der Waals surface area contributed by atoms with Crippen LogP contribution in [-0.4, -0.2) is 22.6 Å². The second kappa shape index (κ2) is 4.18. The lowest BCUT2D eigenvalue weighted by molar-refractivity contribution is 0.102. The Kier molecular flexibility index (Phi) is 2.51. The van der Waals surface area contributed by atoms with Gasteiger partial charge >= 0.3 is 0 Å². The highest BCUT2D eigenvalue weighted by atomic mass is 16.1. The van der Waals surface area contributed by atoms with Crippen molar-refractivity contribution in [3.63, 3.8) is 0 Å². The summed E-state index contributed by atoms with van der Waals surface area (Å²) in [6.07, 6.45) is 2.55. The standard InChI is InChI=1S/C13H14N4O/c1-8-11(7-15-17-8)13(18)16-10-2-3-12-9(6-10)4-5-14-12/h2-3,6-7,14H,4-5H2,1H3,(H,15,17)(H,16,18). The van der Waals surface area contributed by atoms with Gasteiger partial charge in [-0.2, -0.15) is 5.10 Å². The van der Waals surface area contributed by atoms with E-state index < -0.39 is 0 Å². The van der Waals surface area contributed by atoms with E-state index >= 15 is 0 Å². The summed E-state index contributed by atoms with van der Waals surface area (Å²) in [6.45, 7) is 2.79. The van der Waals surface area contributed by atoms with Gasteiger partial charge in [-0.3, -0.25) is 9.89 Å². The van der Waals surface area contributed by atoms with Crippen LogP contribution in [0.3, 0.4) is 0 Å². The van der Waals surface area contributed by atoms with Gasteiger partial charge < -0.3 is 10.6 Å². The van der Waals surface area contributed by atoms with Gasteiger partial charge in [0, 0.05) is 23.6 Å². The Morgan fingerprint density at radius 2 is 2.33 bits per heavy atom. The van der Waals surface area contributed by atoms with Crippen LogP contribution >= 0.6 is 0 Å². The summed E-state index contributed by atoms with van der Waals surface area (Å²) >= 11 is 0. The summed E-state index contributed by atoms with van der Waals surface area (Å²) in [5.74, 6) is -0.132. The summed E-state index contributed by atoms with van der Waals surface area (Å²) in [7, 11) is 0. The lowest BCUT2D eigenvalue weighted by Crippen LogP contribution is -2.12. The van der Waals surface area contributed by atoms with Crippen LogP contribution in [0.2, 0.25) is 0 Å². The van der Waals surface area contributed by atoms with Crippen LogP contribution in [0.15, 0.2) is 24.4 Å². The molecule has 3 N–H and O–H groups in total. The van der Waals surface area contributed by atoms with Crippen molar-refractivity contribution in [2.75, 3.05) is 17.2 Å². The number of aryl methyl sites for hydroxylation is 1. The first kappa shape index (κ1) is 10.8. The lowest BCUT2D eigenvalue weighted by atomic mass is 10.1. The number of aromatic nitrogens is 2. The van der Waals surface area contributed by atoms with E-state index in [9.17, 15) is 4.79 Å². The predicted molar refractivity (Wildman–Crippen MR) is 69.9 cm³/mol. The van der Waals surface area contributed by atoms with Crippen molar-refractivity contribution in [3.05, 3.63) is 41.2 Å².